The summed E-state index contributed by atoms with van der Waals surface area (Å²) in [4.78, 5) is 27.5. The maximum Gasteiger partial charge on any atom is 0.253 e. The second-order valence-electron chi connectivity index (χ2n) is 9.04. The first-order valence-corrected chi connectivity index (χ1v) is 12.0. The number of aryl methyl sites for hydroxylation is 1. The van der Waals surface area contributed by atoms with Gasteiger partial charge in [-0.05, 0) is 54.4 Å². The summed E-state index contributed by atoms with van der Waals surface area (Å²) < 4.78 is 0. The van der Waals surface area contributed by atoms with E-state index in [9.17, 15) is 4.79 Å². The molecule has 0 radical (unpaired) electrons. The standard InChI is InChI=1S/C28H34N6O/c1-21-18-22(28(35)32(3)4)7-9-26(21)34-16-14-33(15-17-34)13-5-6-23-19-30-12-11-25(23)24-8-10-27(29-2)31-20-24/h5-12,18-20H,13-17H2,1-4H3,(H,29,31). The topological polar surface area (TPSA) is 64.6 Å². The van der Waals surface area contributed by atoms with Crippen LogP contribution in [0.3, 0.4) is 0 Å². The Morgan fingerprint density at radius 1 is 1.09 bits per heavy atom. The first-order chi connectivity index (χ1) is 17.0. The second kappa shape index (κ2) is 11.1. The van der Waals surface area contributed by atoms with Crippen LogP contribution in [0.15, 0.2) is 61.1 Å². The van der Waals surface area contributed by atoms with Crippen LogP contribution in [0.5, 0.6) is 0 Å². The molecule has 0 aliphatic carbocycles. The molecule has 182 valence electrons. The molecule has 0 saturated carbocycles. The maximum absolute atomic E-state index is 12.2. The predicted molar refractivity (Wildman–Crippen MR) is 144 cm³/mol. The molecule has 1 fully saturated rings. The van der Waals surface area contributed by atoms with Gasteiger partial charge in [-0.3, -0.25) is 14.7 Å². The summed E-state index contributed by atoms with van der Waals surface area (Å²) in [5.41, 5.74) is 6.40. The number of pyridine rings is 2. The Hall–Kier alpha value is -3.71. The molecule has 0 bridgehead atoms. The van der Waals surface area contributed by atoms with E-state index in [4.69, 9.17) is 0 Å². The van der Waals surface area contributed by atoms with Gasteiger partial charge in [-0.2, -0.15) is 0 Å². The Morgan fingerprint density at radius 2 is 1.89 bits per heavy atom. The lowest BCUT2D eigenvalue weighted by Crippen LogP contribution is -2.46. The zero-order valence-corrected chi connectivity index (χ0v) is 21.0. The summed E-state index contributed by atoms with van der Waals surface area (Å²) in [6.45, 7) is 6.92. The summed E-state index contributed by atoms with van der Waals surface area (Å²) in [6.07, 6.45) is 10.00. The molecule has 7 heteroatoms. The Kier molecular flexibility index (Phi) is 7.77. The van der Waals surface area contributed by atoms with Crippen LogP contribution >= 0.6 is 0 Å². The lowest BCUT2D eigenvalue weighted by molar-refractivity contribution is 0.0827. The van der Waals surface area contributed by atoms with Crippen molar-refractivity contribution in [2.45, 2.75) is 6.92 Å². The van der Waals surface area contributed by atoms with Gasteiger partial charge in [0, 0.05) is 94.8 Å². The number of rotatable bonds is 7. The minimum Gasteiger partial charge on any atom is -0.373 e. The molecule has 0 unspecified atom stereocenters. The molecule has 1 amide bonds. The number of hydrogen-bond donors (Lipinski definition) is 1. The monoisotopic (exact) mass is 470 g/mol. The Balaban J connectivity index is 1.35. The third kappa shape index (κ3) is 5.87. The van der Waals surface area contributed by atoms with Crippen molar-refractivity contribution in [3.8, 4) is 11.1 Å². The lowest BCUT2D eigenvalue weighted by atomic mass is 10.0. The number of carbonyl (C=O) groups excluding carboxylic acids is 1. The highest BCUT2D eigenvalue weighted by molar-refractivity contribution is 5.94. The second-order valence-corrected chi connectivity index (χ2v) is 9.04. The van der Waals surface area contributed by atoms with Gasteiger partial charge in [-0.25, -0.2) is 4.98 Å². The number of carbonyl (C=O) groups is 1. The Bertz CT molecular complexity index is 1180. The first-order valence-electron chi connectivity index (χ1n) is 12.0. The molecule has 1 saturated heterocycles. The number of nitrogens with zero attached hydrogens (tertiary/aromatic N) is 5. The molecular formula is C28H34N6O. The van der Waals surface area contributed by atoms with Gasteiger partial charge in [0.25, 0.3) is 5.91 Å². The molecule has 1 aliphatic heterocycles. The summed E-state index contributed by atoms with van der Waals surface area (Å²) in [6, 6.07) is 12.1. The molecule has 4 rings (SSSR count). The predicted octanol–water partition coefficient (Wildman–Crippen LogP) is 4.03. The van der Waals surface area contributed by atoms with Gasteiger partial charge in [0.05, 0.1) is 0 Å². The highest BCUT2D eigenvalue weighted by atomic mass is 16.2. The molecule has 3 heterocycles. The van der Waals surface area contributed by atoms with E-state index in [1.54, 1.807) is 19.0 Å². The van der Waals surface area contributed by atoms with Crippen molar-refractivity contribution >= 4 is 23.5 Å². The fourth-order valence-electron chi connectivity index (χ4n) is 4.41. The Labute approximate surface area is 208 Å². The quantitative estimate of drug-likeness (QED) is 0.563. The van der Waals surface area contributed by atoms with E-state index in [1.165, 1.54) is 5.69 Å². The van der Waals surface area contributed by atoms with Gasteiger partial charge in [-0.1, -0.05) is 12.2 Å². The Morgan fingerprint density at radius 3 is 2.54 bits per heavy atom. The van der Waals surface area contributed by atoms with Crippen molar-refractivity contribution in [1.29, 1.82) is 0 Å². The van der Waals surface area contributed by atoms with Crippen molar-refractivity contribution in [2.24, 2.45) is 0 Å². The van der Waals surface area contributed by atoms with Crippen LogP contribution in [0.1, 0.15) is 21.5 Å². The third-order valence-corrected chi connectivity index (χ3v) is 6.41. The fourth-order valence-corrected chi connectivity index (χ4v) is 4.41. The number of nitrogens with one attached hydrogen (secondary N) is 1. The van der Waals surface area contributed by atoms with Crippen molar-refractivity contribution in [2.75, 3.05) is 64.1 Å². The summed E-state index contributed by atoms with van der Waals surface area (Å²) >= 11 is 0. The minimum absolute atomic E-state index is 0.0410. The van der Waals surface area contributed by atoms with Crippen LogP contribution in [0, 0.1) is 6.92 Å². The van der Waals surface area contributed by atoms with Gasteiger partial charge in [0.1, 0.15) is 5.82 Å². The molecule has 3 aromatic rings. The van der Waals surface area contributed by atoms with Crippen LogP contribution < -0.4 is 10.2 Å². The highest BCUT2D eigenvalue weighted by Gasteiger charge is 2.19. The molecule has 35 heavy (non-hydrogen) atoms. The van der Waals surface area contributed by atoms with Gasteiger partial charge in [-0.15, -0.1) is 0 Å². The van der Waals surface area contributed by atoms with Gasteiger partial charge >= 0.3 is 0 Å². The molecule has 1 N–H and O–H groups in total. The number of aromatic nitrogens is 2. The van der Waals surface area contributed by atoms with E-state index in [0.717, 1.165) is 66.4 Å². The smallest absolute Gasteiger partial charge is 0.253 e. The number of amides is 1. The summed E-state index contributed by atoms with van der Waals surface area (Å²) in [5.74, 6) is 0.895. The fraction of sp³-hybridized carbons (Fsp3) is 0.321. The first kappa shape index (κ1) is 24.4. The van der Waals surface area contributed by atoms with Crippen molar-refractivity contribution in [1.82, 2.24) is 19.8 Å². The number of piperazine rings is 1. The molecule has 7 nitrogen and oxygen atoms in total. The largest absolute Gasteiger partial charge is 0.373 e. The van der Waals surface area contributed by atoms with E-state index < -0.39 is 0 Å². The van der Waals surface area contributed by atoms with Gasteiger partial charge in [0.2, 0.25) is 0 Å². The highest BCUT2D eigenvalue weighted by Crippen LogP contribution is 2.25. The normalized spacial score (nSPS) is 14.3. The zero-order chi connectivity index (χ0) is 24.8. The van der Waals surface area contributed by atoms with E-state index in [2.05, 4.69) is 56.3 Å². The van der Waals surface area contributed by atoms with Gasteiger partial charge in [0.15, 0.2) is 0 Å². The van der Waals surface area contributed by atoms with Crippen molar-refractivity contribution in [3.05, 3.63) is 77.8 Å². The van der Waals surface area contributed by atoms with Crippen LogP contribution in [0.4, 0.5) is 11.5 Å². The minimum atomic E-state index is 0.0410. The summed E-state index contributed by atoms with van der Waals surface area (Å²) in [7, 11) is 5.44. The molecule has 1 aromatic carbocycles. The molecule has 2 aromatic heterocycles. The maximum atomic E-state index is 12.2. The molecule has 0 spiro atoms. The SMILES string of the molecule is CNc1ccc(-c2ccncc2C=CCN2CCN(c3ccc(C(=O)N(C)C)cc3C)CC2)cn1. The average molecular weight is 471 g/mol. The van der Waals surface area contributed by atoms with E-state index >= 15 is 0 Å². The molecular weight excluding hydrogens is 436 g/mol. The zero-order valence-electron chi connectivity index (χ0n) is 21.0. The van der Waals surface area contributed by atoms with Crippen LogP contribution in [0.2, 0.25) is 0 Å². The van der Waals surface area contributed by atoms with Gasteiger partial charge < -0.3 is 15.1 Å². The number of hydrogen-bond acceptors (Lipinski definition) is 6. The number of benzene rings is 1. The van der Waals surface area contributed by atoms with E-state index in [-0.39, 0.29) is 5.91 Å². The van der Waals surface area contributed by atoms with Crippen molar-refractivity contribution < 1.29 is 4.79 Å². The lowest BCUT2D eigenvalue weighted by Gasteiger charge is -2.36. The molecule has 1 aliphatic rings. The molecule has 0 atom stereocenters. The summed E-state index contributed by atoms with van der Waals surface area (Å²) in [5, 5.41) is 3.06. The van der Waals surface area contributed by atoms with Crippen molar-refractivity contribution in [3.63, 3.8) is 0 Å². The average Bonchev–Trinajstić information content (AvgIpc) is 2.89. The number of anilines is 2. The van der Waals surface area contributed by atoms with E-state index in [0.29, 0.717) is 0 Å². The van der Waals surface area contributed by atoms with E-state index in [1.807, 2.05) is 49.9 Å². The third-order valence-electron chi connectivity index (χ3n) is 6.41. The van der Waals surface area contributed by atoms with Crippen LogP contribution in [0.25, 0.3) is 17.2 Å². The van der Waals surface area contributed by atoms with Crippen LogP contribution in [-0.4, -0.2) is 79.5 Å². The van der Waals surface area contributed by atoms with Crippen LogP contribution in [-0.2, 0) is 0 Å².